The van der Waals surface area contributed by atoms with E-state index >= 15 is 0 Å². The minimum absolute atomic E-state index is 0.0639. The number of nitrogens with zero attached hydrogens (tertiary/aromatic N) is 2. The first-order chi connectivity index (χ1) is 8.56. The monoisotopic (exact) mass is 279 g/mol. The van der Waals surface area contributed by atoms with Crippen molar-refractivity contribution in [1.29, 1.82) is 0 Å². The molecule has 0 aliphatic heterocycles. The molecule has 0 aliphatic rings. The summed E-state index contributed by atoms with van der Waals surface area (Å²) in [5.74, 6) is 0. The molecule has 0 aromatic carbocycles. The minimum Gasteiger partial charge on any atom is -0.327 e. The molecular formula is C13H17N3S2. The molecule has 0 aliphatic carbocycles. The fraction of sp³-hybridized carbons (Fsp3) is 0.385. The fourth-order valence-electron chi connectivity index (χ4n) is 1.78. The first kappa shape index (κ1) is 13.5. The van der Waals surface area contributed by atoms with Gasteiger partial charge in [-0.2, -0.15) is 11.3 Å². The van der Waals surface area contributed by atoms with Gasteiger partial charge in [-0.15, -0.1) is 0 Å². The second-order valence-corrected chi connectivity index (χ2v) is 6.28. The summed E-state index contributed by atoms with van der Waals surface area (Å²) in [5, 5.41) is 5.23. The van der Waals surface area contributed by atoms with Crippen LogP contribution < -0.4 is 5.73 Å². The summed E-state index contributed by atoms with van der Waals surface area (Å²) >= 11 is 3.33. The van der Waals surface area contributed by atoms with E-state index in [1.807, 2.05) is 26.8 Å². The SMILES string of the molecule is Cc1cc(C)nc(SC(c2ccsc2)C(C)N)n1. The van der Waals surface area contributed by atoms with E-state index in [-0.39, 0.29) is 11.3 Å². The molecule has 0 fully saturated rings. The van der Waals surface area contributed by atoms with Crippen LogP contribution in [0.4, 0.5) is 0 Å². The second kappa shape index (κ2) is 5.82. The van der Waals surface area contributed by atoms with Gasteiger partial charge in [0.05, 0.1) is 5.25 Å². The second-order valence-electron chi connectivity index (χ2n) is 4.39. The van der Waals surface area contributed by atoms with Crippen molar-refractivity contribution in [3.05, 3.63) is 39.8 Å². The molecule has 2 N–H and O–H groups in total. The highest BCUT2D eigenvalue weighted by Crippen LogP contribution is 2.36. The van der Waals surface area contributed by atoms with E-state index in [2.05, 4.69) is 26.8 Å². The number of rotatable bonds is 4. The Bertz CT molecular complexity index is 489. The Morgan fingerprint density at radius 1 is 1.28 bits per heavy atom. The number of hydrogen-bond acceptors (Lipinski definition) is 5. The van der Waals surface area contributed by atoms with E-state index < -0.39 is 0 Å². The Morgan fingerprint density at radius 2 is 1.94 bits per heavy atom. The lowest BCUT2D eigenvalue weighted by Gasteiger charge is -2.18. The van der Waals surface area contributed by atoms with Crippen LogP contribution in [0.15, 0.2) is 28.0 Å². The van der Waals surface area contributed by atoms with Crippen molar-refractivity contribution in [3.8, 4) is 0 Å². The van der Waals surface area contributed by atoms with Crippen molar-refractivity contribution in [1.82, 2.24) is 9.97 Å². The van der Waals surface area contributed by atoms with Gasteiger partial charge in [-0.3, -0.25) is 0 Å². The highest BCUT2D eigenvalue weighted by molar-refractivity contribution is 7.99. The molecular weight excluding hydrogens is 262 g/mol. The summed E-state index contributed by atoms with van der Waals surface area (Å²) < 4.78 is 0. The molecule has 0 saturated carbocycles. The molecule has 0 saturated heterocycles. The summed E-state index contributed by atoms with van der Waals surface area (Å²) in [4.78, 5) is 8.93. The number of aryl methyl sites for hydroxylation is 2. The van der Waals surface area contributed by atoms with E-state index in [4.69, 9.17) is 5.73 Å². The van der Waals surface area contributed by atoms with E-state index in [1.165, 1.54) is 5.56 Å². The van der Waals surface area contributed by atoms with Crippen molar-refractivity contribution in [3.63, 3.8) is 0 Å². The van der Waals surface area contributed by atoms with E-state index in [1.54, 1.807) is 23.1 Å². The average molecular weight is 279 g/mol. The zero-order valence-corrected chi connectivity index (χ0v) is 12.4. The lowest BCUT2D eigenvalue weighted by Crippen LogP contribution is -2.22. The summed E-state index contributed by atoms with van der Waals surface area (Å²) in [6, 6.07) is 4.16. The van der Waals surface area contributed by atoms with Crippen molar-refractivity contribution in [2.24, 2.45) is 5.73 Å². The molecule has 0 spiro atoms. The Hall–Kier alpha value is -0.910. The standard InChI is InChI=1S/C13H17N3S2/c1-8-6-9(2)16-13(15-8)18-12(10(3)14)11-4-5-17-7-11/h4-7,10,12H,14H2,1-3H3. The molecule has 0 bridgehead atoms. The van der Waals surface area contributed by atoms with Gasteiger partial charge in [0.15, 0.2) is 5.16 Å². The predicted octanol–water partition coefficient (Wildman–Crippen LogP) is 3.34. The van der Waals surface area contributed by atoms with Crippen molar-refractivity contribution < 1.29 is 0 Å². The largest absolute Gasteiger partial charge is 0.327 e. The summed E-state index contributed by atoms with van der Waals surface area (Å²) in [7, 11) is 0. The van der Waals surface area contributed by atoms with E-state index in [0.717, 1.165) is 16.5 Å². The Morgan fingerprint density at radius 3 is 2.44 bits per heavy atom. The van der Waals surface area contributed by atoms with Gasteiger partial charge < -0.3 is 5.73 Å². The molecule has 3 nitrogen and oxygen atoms in total. The molecule has 2 unspecified atom stereocenters. The van der Waals surface area contributed by atoms with Gasteiger partial charge in [0.25, 0.3) is 0 Å². The molecule has 2 aromatic rings. The number of aromatic nitrogens is 2. The van der Waals surface area contributed by atoms with Crippen LogP contribution in [0.25, 0.3) is 0 Å². The highest BCUT2D eigenvalue weighted by Gasteiger charge is 2.19. The fourth-order valence-corrected chi connectivity index (χ4v) is 3.68. The van der Waals surface area contributed by atoms with Gasteiger partial charge in [0, 0.05) is 17.4 Å². The van der Waals surface area contributed by atoms with Gasteiger partial charge in [-0.25, -0.2) is 9.97 Å². The Kier molecular flexibility index (Phi) is 4.37. The van der Waals surface area contributed by atoms with Crippen LogP contribution in [0.2, 0.25) is 0 Å². The molecule has 0 radical (unpaired) electrons. The number of thiophene rings is 1. The Balaban J connectivity index is 2.24. The van der Waals surface area contributed by atoms with E-state index in [0.29, 0.717) is 0 Å². The molecule has 0 amide bonds. The third kappa shape index (κ3) is 3.31. The van der Waals surface area contributed by atoms with Crippen LogP contribution >= 0.6 is 23.1 Å². The number of nitrogens with two attached hydrogens (primary N) is 1. The van der Waals surface area contributed by atoms with Crippen LogP contribution in [0.1, 0.15) is 29.1 Å². The third-order valence-corrected chi connectivity index (χ3v) is 4.59. The normalized spacial score (nSPS) is 14.4. The molecule has 5 heteroatoms. The molecule has 2 atom stereocenters. The summed E-state index contributed by atoms with van der Waals surface area (Å²) in [5.41, 5.74) is 9.33. The predicted molar refractivity (Wildman–Crippen MR) is 78.1 cm³/mol. The number of hydrogen-bond donors (Lipinski definition) is 1. The van der Waals surface area contributed by atoms with Crippen molar-refractivity contribution in [2.45, 2.75) is 37.2 Å². The average Bonchev–Trinajstić information content (AvgIpc) is 2.77. The molecule has 2 aromatic heterocycles. The van der Waals surface area contributed by atoms with Crippen LogP contribution in [0.5, 0.6) is 0 Å². The summed E-state index contributed by atoms with van der Waals surface area (Å²) in [6.07, 6.45) is 0. The zero-order chi connectivity index (χ0) is 13.1. The molecule has 2 heterocycles. The topological polar surface area (TPSA) is 51.8 Å². The molecule has 2 rings (SSSR count). The molecule has 18 heavy (non-hydrogen) atoms. The van der Waals surface area contributed by atoms with Gasteiger partial charge in [0.1, 0.15) is 0 Å². The Labute approximate surface area is 116 Å². The number of thioether (sulfide) groups is 1. The first-order valence-corrected chi connectivity index (χ1v) is 7.65. The van der Waals surface area contributed by atoms with Crippen LogP contribution in [-0.4, -0.2) is 16.0 Å². The summed E-state index contributed by atoms with van der Waals surface area (Å²) in [6.45, 7) is 6.01. The van der Waals surface area contributed by atoms with Crippen LogP contribution in [0.3, 0.4) is 0 Å². The molecule has 96 valence electrons. The van der Waals surface area contributed by atoms with Gasteiger partial charge in [-0.1, -0.05) is 11.8 Å². The van der Waals surface area contributed by atoms with Crippen LogP contribution in [-0.2, 0) is 0 Å². The zero-order valence-electron chi connectivity index (χ0n) is 10.8. The lowest BCUT2D eigenvalue weighted by atomic mass is 10.1. The van der Waals surface area contributed by atoms with Crippen LogP contribution in [0, 0.1) is 13.8 Å². The smallest absolute Gasteiger partial charge is 0.188 e. The van der Waals surface area contributed by atoms with Crippen molar-refractivity contribution in [2.75, 3.05) is 0 Å². The minimum atomic E-state index is 0.0639. The quantitative estimate of drug-likeness (QED) is 0.689. The van der Waals surface area contributed by atoms with Crippen molar-refractivity contribution >= 4 is 23.1 Å². The van der Waals surface area contributed by atoms with E-state index in [9.17, 15) is 0 Å². The third-order valence-electron chi connectivity index (χ3n) is 2.54. The van der Waals surface area contributed by atoms with Gasteiger partial charge in [0.2, 0.25) is 0 Å². The lowest BCUT2D eigenvalue weighted by molar-refractivity contribution is 0.718. The maximum atomic E-state index is 6.08. The van der Waals surface area contributed by atoms with Gasteiger partial charge in [-0.05, 0) is 49.2 Å². The highest BCUT2D eigenvalue weighted by atomic mass is 32.2. The first-order valence-electron chi connectivity index (χ1n) is 5.83. The van der Waals surface area contributed by atoms with Gasteiger partial charge >= 0.3 is 0 Å². The maximum absolute atomic E-state index is 6.08. The maximum Gasteiger partial charge on any atom is 0.188 e.